The molecule has 0 radical (unpaired) electrons. The lowest BCUT2D eigenvalue weighted by molar-refractivity contribution is -0.904. The van der Waals surface area contributed by atoms with Crippen molar-refractivity contribution < 1.29 is 14.4 Å². The molecule has 0 spiro atoms. The van der Waals surface area contributed by atoms with Crippen LogP contribution in [0.3, 0.4) is 0 Å². The maximum absolute atomic E-state index is 9.59. The summed E-state index contributed by atoms with van der Waals surface area (Å²) in [6.45, 7) is 13.7. The number of carbonyl (C=O) groups is 1. The van der Waals surface area contributed by atoms with Crippen molar-refractivity contribution in [2.45, 2.75) is 34.6 Å². The van der Waals surface area contributed by atoms with E-state index in [0.717, 1.165) is 0 Å². The summed E-state index contributed by atoms with van der Waals surface area (Å²) in [6, 6.07) is 0. The number of carboxylic acid groups (broad SMARTS) is 1. The number of carboxylic acids is 1. The highest BCUT2D eigenvalue weighted by Crippen LogP contribution is 1.97. The number of carbonyl (C=O) groups excluding carboxylic acids is 1. The van der Waals surface area contributed by atoms with Crippen molar-refractivity contribution in [1.29, 1.82) is 0 Å². The number of quaternary nitrogens is 1. The molecule has 0 aliphatic heterocycles. The lowest BCUT2D eigenvalue weighted by Gasteiger charge is -2.30. The summed E-state index contributed by atoms with van der Waals surface area (Å²) in [6.07, 6.45) is 0. The number of hydrogen-bond acceptors (Lipinski definition) is 2. The van der Waals surface area contributed by atoms with Crippen LogP contribution in [0, 0.1) is 5.92 Å². The molecule has 0 aliphatic rings. The van der Waals surface area contributed by atoms with Crippen molar-refractivity contribution >= 4 is 5.97 Å². The normalized spacial score (nSPS) is 10.8. The van der Waals surface area contributed by atoms with Gasteiger partial charge in [-0.15, -0.1) is 0 Å². The van der Waals surface area contributed by atoms with Crippen molar-refractivity contribution in [3.05, 3.63) is 0 Å². The van der Waals surface area contributed by atoms with E-state index in [0.29, 0.717) is 0 Å². The Morgan fingerprint density at radius 3 is 1.36 bits per heavy atom. The molecule has 0 aliphatic carbocycles. The van der Waals surface area contributed by atoms with E-state index in [4.69, 9.17) is 0 Å². The van der Waals surface area contributed by atoms with E-state index in [1.54, 1.807) is 13.8 Å². The zero-order chi connectivity index (χ0) is 11.8. The molecular formula is C11H25NO2. The fraction of sp³-hybridized carbons (Fsp3) is 0.909. The topological polar surface area (TPSA) is 40.1 Å². The molecule has 0 aromatic carbocycles. The van der Waals surface area contributed by atoms with E-state index in [1.165, 1.54) is 24.1 Å². The molecule has 0 aromatic heterocycles. The highest BCUT2D eigenvalue weighted by atomic mass is 16.4. The van der Waals surface area contributed by atoms with E-state index >= 15 is 0 Å². The summed E-state index contributed by atoms with van der Waals surface area (Å²) in [7, 11) is 2.29. The summed E-state index contributed by atoms with van der Waals surface area (Å²) in [5.74, 6) is -1.33. The Balaban J connectivity index is 0. The maximum Gasteiger partial charge on any atom is 0.0755 e. The van der Waals surface area contributed by atoms with Crippen LogP contribution in [0.4, 0.5) is 0 Å². The van der Waals surface area contributed by atoms with E-state index < -0.39 is 5.97 Å². The molecule has 3 nitrogen and oxygen atoms in total. The summed E-state index contributed by atoms with van der Waals surface area (Å²) >= 11 is 0. The highest BCUT2D eigenvalue weighted by molar-refractivity contribution is 5.66. The van der Waals surface area contributed by atoms with Crippen LogP contribution in [0.25, 0.3) is 0 Å². The van der Waals surface area contributed by atoms with Crippen molar-refractivity contribution in [1.82, 2.24) is 0 Å². The molecule has 14 heavy (non-hydrogen) atoms. The minimum atomic E-state index is -0.991. The third kappa shape index (κ3) is 8.05. The molecule has 0 rings (SSSR count). The molecule has 0 fully saturated rings. The van der Waals surface area contributed by atoms with Gasteiger partial charge in [-0.3, -0.25) is 0 Å². The van der Waals surface area contributed by atoms with Gasteiger partial charge in [0, 0.05) is 5.97 Å². The van der Waals surface area contributed by atoms with Crippen LogP contribution in [-0.4, -0.2) is 37.1 Å². The molecule has 0 unspecified atom stereocenters. The third-order valence-electron chi connectivity index (χ3n) is 2.76. The minimum Gasteiger partial charge on any atom is -0.550 e. The molecule has 0 heterocycles. The van der Waals surface area contributed by atoms with Crippen LogP contribution < -0.4 is 5.11 Å². The second kappa shape index (κ2) is 7.80. The van der Waals surface area contributed by atoms with Crippen molar-refractivity contribution in [2.75, 3.05) is 26.7 Å². The second-order valence-corrected chi connectivity index (χ2v) is 4.04. The Kier molecular flexibility index (Phi) is 8.85. The van der Waals surface area contributed by atoms with Gasteiger partial charge in [0.1, 0.15) is 0 Å². The summed E-state index contributed by atoms with van der Waals surface area (Å²) in [5, 5.41) is 9.59. The molecule has 0 amide bonds. The first-order chi connectivity index (χ1) is 6.32. The summed E-state index contributed by atoms with van der Waals surface area (Å²) in [4.78, 5) is 9.59. The average molecular weight is 203 g/mol. The van der Waals surface area contributed by atoms with Crippen LogP contribution in [0.1, 0.15) is 34.6 Å². The largest absolute Gasteiger partial charge is 0.550 e. The molecule has 0 saturated carbocycles. The van der Waals surface area contributed by atoms with Crippen LogP contribution in [0.5, 0.6) is 0 Å². The Labute approximate surface area is 88.3 Å². The first-order valence-electron chi connectivity index (χ1n) is 5.37. The van der Waals surface area contributed by atoms with Gasteiger partial charge < -0.3 is 14.4 Å². The zero-order valence-corrected chi connectivity index (χ0v) is 10.5. The maximum atomic E-state index is 9.59. The summed E-state index contributed by atoms with van der Waals surface area (Å²) < 4.78 is 1.21. The Morgan fingerprint density at radius 1 is 1.14 bits per heavy atom. The third-order valence-corrected chi connectivity index (χ3v) is 2.76. The first kappa shape index (κ1) is 15.9. The van der Waals surface area contributed by atoms with Gasteiger partial charge in [-0.05, 0) is 26.7 Å². The Morgan fingerprint density at radius 2 is 1.36 bits per heavy atom. The molecule has 0 atom stereocenters. The van der Waals surface area contributed by atoms with E-state index in [9.17, 15) is 9.90 Å². The Bertz CT molecular complexity index is 143. The van der Waals surface area contributed by atoms with Crippen LogP contribution in [-0.2, 0) is 4.79 Å². The van der Waals surface area contributed by atoms with Gasteiger partial charge in [-0.2, -0.15) is 0 Å². The van der Waals surface area contributed by atoms with Crippen LogP contribution >= 0.6 is 0 Å². The predicted octanol–water partition coefficient (Wildman–Crippen LogP) is 0.885. The fourth-order valence-corrected chi connectivity index (χ4v) is 0.671. The number of aliphatic carboxylic acids is 1. The van der Waals surface area contributed by atoms with E-state index in [2.05, 4.69) is 27.8 Å². The van der Waals surface area contributed by atoms with Gasteiger partial charge in [0.15, 0.2) is 0 Å². The standard InChI is InChI=1S/C7H18N.C4H8O2/c1-5-8(4,6-2)7-3;1-3(2)4(5)6/h5-7H2,1-4H3;3H,1-2H3,(H,5,6)/q+1;/p-1. The Hall–Kier alpha value is -0.570. The van der Waals surface area contributed by atoms with Gasteiger partial charge in [0.2, 0.25) is 0 Å². The molecule has 0 saturated heterocycles. The van der Waals surface area contributed by atoms with Gasteiger partial charge in [0.25, 0.3) is 0 Å². The monoisotopic (exact) mass is 203 g/mol. The van der Waals surface area contributed by atoms with Crippen molar-refractivity contribution in [2.24, 2.45) is 5.92 Å². The fourth-order valence-electron chi connectivity index (χ4n) is 0.671. The van der Waals surface area contributed by atoms with Gasteiger partial charge in [-0.25, -0.2) is 0 Å². The average Bonchev–Trinajstić information content (AvgIpc) is 2.17. The molecule has 86 valence electrons. The highest BCUT2D eigenvalue weighted by Gasteiger charge is 2.10. The quantitative estimate of drug-likeness (QED) is 0.636. The van der Waals surface area contributed by atoms with Crippen molar-refractivity contribution in [3.8, 4) is 0 Å². The van der Waals surface area contributed by atoms with Crippen LogP contribution in [0.2, 0.25) is 0 Å². The molecular weight excluding hydrogens is 178 g/mol. The van der Waals surface area contributed by atoms with Gasteiger partial charge >= 0.3 is 0 Å². The summed E-state index contributed by atoms with van der Waals surface area (Å²) in [5.41, 5.74) is 0. The SMILES string of the molecule is CC(C)C(=O)[O-].CC[N+](C)(CC)CC. The smallest absolute Gasteiger partial charge is 0.0755 e. The van der Waals surface area contributed by atoms with Gasteiger partial charge in [-0.1, -0.05) is 13.8 Å². The van der Waals surface area contributed by atoms with Crippen LogP contribution in [0.15, 0.2) is 0 Å². The van der Waals surface area contributed by atoms with Crippen molar-refractivity contribution in [3.63, 3.8) is 0 Å². The number of rotatable bonds is 4. The molecule has 0 aromatic rings. The number of hydrogen-bond donors (Lipinski definition) is 0. The molecule has 0 bridgehead atoms. The van der Waals surface area contributed by atoms with E-state index in [1.807, 2.05) is 0 Å². The lowest BCUT2D eigenvalue weighted by Crippen LogP contribution is -2.42. The molecule has 0 N–H and O–H groups in total. The van der Waals surface area contributed by atoms with Gasteiger partial charge in [0.05, 0.1) is 26.7 Å². The number of nitrogens with zero attached hydrogens (tertiary/aromatic N) is 1. The first-order valence-corrected chi connectivity index (χ1v) is 5.37. The predicted molar refractivity (Wildman–Crippen MR) is 57.7 cm³/mol. The second-order valence-electron chi connectivity index (χ2n) is 4.04. The molecule has 3 heteroatoms. The van der Waals surface area contributed by atoms with E-state index in [-0.39, 0.29) is 5.92 Å². The zero-order valence-electron chi connectivity index (χ0n) is 10.5. The minimum absolute atomic E-state index is 0.343. The lowest BCUT2D eigenvalue weighted by atomic mass is 10.2.